The van der Waals surface area contributed by atoms with Gasteiger partial charge in [0.15, 0.2) is 6.79 Å². The lowest BCUT2D eigenvalue weighted by atomic mass is 9.81. The van der Waals surface area contributed by atoms with Gasteiger partial charge in [-0.2, -0.15) is 0 Å². The molecule has 0 spiro atoms. The monoisotopic (exact) mass is 455 g/mol. The third kappa shape index (κ3) is 6.90. The zero-order valence-electron chi connectivity index (χ0n) is 21.7. The number of ether oxygens (including phenoxy) is 2. The Bertz CT molecular complexity index is 937. The Kier molecular flexibility index (Phi) is 8.70. The van der Waals surface area contributed by atoms with Crippen LogP contribution in [0.1, 0.15) is 84.1 Å². The van der Waals surface area contributed by atoms with Crippen LogP contribution < -0.4 is 10.0 Å². The van der Waals surface area contributed by atoms with E-state index in [2.05, 4.69) is 98.7 Å². The third-order valence-electron chi connectivity index (χ3n) is 5.63. The van der Waals surface area contributed by atoms with Crippen LogP contribution in [-0.2, 0) is 15.3 Å². The molecule has 0 saturated carbocycles. The average molecular weight is 456 g/mol. The maximum Gasteiger partial charge on any atom is 0.188 e. The van der Waals surface area contributed by atoms with E-state index < -0.39 is 0 Å². The molecule has 0 aliphatic rings. The van der Waals surface area contributed by atoms with Gasteiger partial charge in [-0.05, 0) is 50.4 Å². The molecule has 0 fully saturated rings. The van der Waals surface area contributed by atoms with Crippen LogP contribution in [0.5, 0.6) is 5.75 Å². The van der Waals surface area contributed by atoms with Crippen molar-refractivity contribution >= 4 is 20.1 Å². The minimum atomic E-state index is -0.0937. The van der Waals surface area contributed by atoms with Crippen molar-refractivity contribution in [1.82, 2.24) is 0 Å². The Morgan fingerprint density at radius 2 is 1.59 bits per heavy atom. The molecule has 32 heavy (non-hydrogen) atoms. The fourth-order valence-corrected chi connectivity index (χ4v) is 5.21. The second-order valence-corrected chi connectivity index (χ2v) is 12.7. The Hall–Kier alpha value is -1.70. The van der Waals surface area contributed by atoms with E-state index >= 15 is 0 Å². The van der Waals surface area contributed by atoms with Gasteiger partial charge in [-0.15, -0.1) is 0 Å². The highest BCUT2D eigenvalue weighted by Gasteiger charge is 2.33. The van der Waals surface area contributed by atoms with Gasteiger partial charge in [-0.1, -0.05) is 85.2 Å². The number of methoxy groups -OCH3 is 1. The average Bonchev–Trinajstić information content (AvgIpc) is 2.70. The number of rotatable bonds is 8. The number of aliphatic imine (C=N–C) groups is 1. The molecule has 0 heterocycles. The van der Waals surface area contributed by atoms with Crippen LogP contribution in [0.2, 0.25) is 0 Å². The van der Waals surface area contributed by atoms with Gasteiger partial charge < -0.3 is 9.47 Å². The molecule has 0 N–H and O–H groups in total. The SMILES string of the molecule is CCC(C)(Pc1ccccc1/C=N/C(C)(C)C)c1cc(C)cc(C(C)(C)C)c1OCOC. The standard InChI is InChI=1S/C28H42NO2P/c1-11-28(9,32-24-15-13-12-14-21(24)18-29-27(6,7)8)23-17-20(2)16-22(26(3,4)5)25(23)31-19-30-10/h12-18,32H,11,19H2,1-10H3/b29-18+. The Balaban J connectivity index is 2.63. The largest absolute Gasteiger partial charge is 0.467 e. The first-order valence-corrected chi connectivity index (χ1v) is 12.5. The summed E-state index contributed by atoms with van der Waals surface area (Å²) < 4.78 is 11.6. The molecule has 0 aromatic heterocycles. The smallest absolute Gasteiger partial charge is 0.188 e. The fourth-order valence-electron chi connectivity index (χ4n) is 3.64. The molecule has 2 unspecified atom stereocenters. The molecule has 2 aromatic rings. The predicted molar refractivity (Wildman–Crippen MR) is 142 cm³/mol. The zero-order chi connectivity index (χ0) is 24.2. The Morgan fingerprint density at radius 3 is 2.16 bits per heavy atom. The molecule has 2 atom stereocenters. The number of aryl methyl sites for hydroxylation is 1. The van der Waals surface area contributed by atoms with Gasteiger partial charge >= 0.3 is 0 Å². The molecule has 0 aliphatic heterocycles. The second kappa shape index (κ2) is 10.5. The summed E-state index contributed by atoms with van der Waals surface area (Å²) in [5, 5.41) is 1.27. The maximum atomic E-state index is 6.26. The van der Waals surface area contributed by atoms with E-state index in [-0.39, 0.29) is 22.9 Å². The van der Waals surface area contributed by atoms with Crippen LogP contribution in [0.15, 0.2) is 41.4 Å². The minimum absolute atomic E-state index is 0.0289. The highest BCUT2D eigenvalue weighted by molar-refractivity contribution is 7.48. The first-order valence-electron chi connectivity index (χ1n) is 11.5. The van der Waals surface area contributed by atoms with E-state index in [1.54, 1.807) is 7.11 Å². The summed E-state index contributed by atoms with van der Waals surface area (Å²) in [6, 6.07) is 13.2. The molecule has 0 saturated heterocycles. The van der Waals surface area contributed by atoms with Crippen molar-refractivity contribution in [2.45, 2.75) is 84.8 Å². The molecule has 0 bridgehead atoms. The lowest BCUT2D eigenvalue weighted by Crippen LogP contribution is -2.24. The molecule has 3 nitrogen and oxygen atoms in total. The summed E-state index contributed by atoms with van der Waals surface area (Å²) in [5.41, 5.74) is 4.84. The van der Waals surface area contributed by atoms with Crippen LogP contribution in [0.25, 0.3) is 0 Å². The van der Waals surface area contributed by atoms with E-state index in [1.165, 1.54) is 27.6 Å². The Morgan fingerprint density at radius 1 is 0.969 bits per heavy atom. The van der Waals surface area contributed by atoms with Crippen LogP contribution in [-0.4, -0.2) is 25.7 Å². The summed E-state index contributed by atoms with van der Waals surface area (Å²) in [7, 11) is 2.26. The van der Waals surface area contributed by atoms with E-state index in [0.717, 1.165) is 12.2 Å². The van der Waals surface area contributed by atoms with Gasteiger partial charge in [-0.3, -0.25) is 4.99 Å². The van der Waals surface area contributed by atoms with Crippen molar-refractivity contribution in [3.8, 4) is 5.75 Å². The highest BCUT2D eigenvalue weighted by atomic mass is 31.1. The van der Waals surface area contributed by atoms with E-state index in [4.69, 9.17) is 14.5 Å². The molecule has 0 aliphatic carbocycles. The molecule has 4 heteroatoms. The fraction of sp³-hybridized carbons (Fsp3) is 0.536. The lowest BCUT2D eigenvalue weighted by Gasteiger charge is -2.35. The van der Waals surface area contributed by atoms with Crippen LogP contribution in [0.3, 0.4) is 0 Å². The summed E-state index contributed by atoms with van der Waals surface area (Å²) in [4.78, 5) is 4.77. The van der Waals surface area contributed by atoms with Crippen molar-refractivity contribution < 1.29 is 9.47 Å². The van der Waals surface area contributed by atoms with Crippen molar-refractivity contribution in [3.63, 3.8) is 0 Å². The van der Waals surface area contributed by atoms with Crippen molar-refractivity contribution in [2.75, 3.05) is 13.9 Å². The molecule has 2 rings (SSSR count). The van der Waals surface area contributed by atoms with Crippen molar-refractivity contribution in [3.05, 3.63) is 58.7 Å². The highest BCUT2D eigenvalue weighted by Crippen LogP contribution is 2.50. The zero-order valence-corrected chi connectivity index (χ0v) is 22.7. The van der Waals surface area contributed by atoms with Crippen LogP contribution in [0, 0.1) is 6.92 Å². The van der Waals surface area contributed by atoms with Gasteiger partial charge in [0, 0.05) is 29.6 Å². The maximum absolute atomic E-state index is 6.26. The number of hydrogen-bond acceptors (Lipinski definition) is 3. The van der Waals surface area contributed by atoms with Gasteiger partial charge in [0.2, 0.25) is 0 Å². The lowest BCUT2D eigenvalue weighted by molar-refractivity contribution is 0.0487. The Labute approximate surface area is 197 Å². The van der Waals surface area contributed by atoms with Crippen molar-refractivity contribution in [2.24, 2.45) is 4.99 Å². The summed E-state index contributed by atoms with van der Waals surface area (Å²) in [6.45, 7) is 20.2. The molecular weight excluding hydrogens is 413 g/mol. The molecule has 0 amide bonds. The summed E-state index contributed by atoms with van der Waals surface area (Å²) >= 11 is 0. The van der Waals surface area contributed by atoms with Crippen LogP contribution >= 0.6 is 8.58 Å². The number of hydrogen-bond donors (Lipinski definition) is 0. The predicted octanol–water partition coefficient (Wildman–Crippen LogP) is 7.12. The van der Waals surface area contributed by atoms with Crippen LogP contribution in [0.4, 0.5) is 0 Å². The normalized spacial score (nSPS) is 14.9. The summed E-state index contributed by atoms with van der Waals surface area (Å²) in [5.74, 6) is 0.975. The third-order valence-corrected chi connectivity index (χ3v) is 7.53. The van der Waals surface area contributed by atoms with E-state index in [1.807, 2.05) is 6.21 Å². The first kappa shape index (κ1) is 26.6. The molecular formula is C28H42NO2P. The van der Waals surface area contributed by atoms with E-state index in [0.29, 0.717) is 8.58 Å². The first-order chi connectivity index (χ1) is 14.8. The van der Waals surface area contributed by atoms with Gasteiger partial charge in [-0.25, -0.2) is 0 Å². The second-order valence-electron chi connectivity index (χ2n) is 10.8. The quantitative estimate of drug-likeness (QED) is 0.241. The number of nitrogens with zero attached hydrogens (tertiary/aromatic N) is 1. The van der Waals surface area contributed by atoms with E-state index in [9.17, 15) is 0 Å². The van der Waals surface area contributed by atoms with Gasteiger partial charge in [0.05, 0.1) is 5.54 Å². The molecule has 0 radical (unpaired) electrons. The number of benzene rings is 2. The van der Waals surface area contributed by atoms with Gasteiger partial charge in [0.1, 0.15) is 5.75 Å². The topological polar surface area (TPSA) is 30.8 Å². The molecule has 176 valence electrons. The molecule has 2 aromatic carbocycles. The minimum Gasteiger partial charge on any atom is -0.467 e. The van der Waals surface area contributed by atoms with Crippen molar-refractivity contribution in [1.29, 1.82) is 0 Å². The summed E-state index contributed by atoms with van der Waals surface area (Å²) in [6.07, 6.45) is 3.05. The van der Waals surface area contributed by atoms with Gasteiger partial charge in [0.25, 0.3) is 0 Å².